The van der Waals surface area contributed by atoms with E-state index in [4.69, 9.17) is 4.74 Å². The monoisotopic (exact) mass is 322 g/mol. The summed E-state index contributed by atoms with van der Waals surface area (Å²) in [5.74, 6) is -2.14. The van der Waals surface area contributed by atoms with Crippen LogP contribution in [0.5, 0.6) is 0 Å². The van der Waals surface area contributed by atoms with Gasteiger partial charge in [-0.3, -0.25) is 4.79 Å². The molecule has 23 heavy (non-hydrogen) atoms. The van der Waals surface area contributed by atoms with Gasteiger partial charge in [0.05, 0.1) is 17.7 Å². The highest BCUT2D eigenvalue weighted by atomic mass is 19.1. The van der Waals surface area contributed by atoms with E-state index in [0.717, 1.165) is 0 Å². The van der Waals surface area contributed by atoms with E-state index < -0.39 is 29.1 Å². The number of carbonyl (C=O) groups is 1. The van der Waals surface area contributed by atoms with Crippen LogP contribution < -0.4 is 5.32 Å². The van der Waals surface area contributed by atoms with Gasteiger partial charge in [0.1, 0.15) is 11.5 Å². The van der Waals surface area contributed by atoms with Gasteiger partial charge in [-0.25, -0.2) is 9.38 Å². The van der Waals surface area contributed by atoms with Crippen molar-refractivity contribution >= 4 is 11.6 Å². The van der Waals surface area contributed by atoms with Crippen molar-refractivity contribution in [2.75, 3.05) is 19.8 Å². The number of fused-ring (bicyclic) bond motifs is 1. The topological polar surface area (TPSA) is 91.2 Å². The molecule has 3 N–H and O–H groups in total. The standard InChI is InChI=1S/C16H19FN2O4/c17-11-4-2-1-3-10-12(11)14(21)18-13(10)15(22)19-16(9-20)5-7-23-8-6-16/h1-2,4,10,20-21H,3,5-9H2,(H,19,22). The van der Waals surface area contributed by atoms with Gasteiger partial charge in [-0.05, 0) is 25.3 Å². The summed E-state index contributed by atoms with van der Waals surface area (Å²) < 4.78 is 19.3. The van der Waals surface area contributed by atoms with E-state index in [1.54, 1.807) is 12.2 Å². The van der Waals surface area contributed by atoms with Gasteiger partial charge in [0.25, 0.3) is 5.91 Å². The van der Waals surface area contributed by atoms with Crippen molar-refractivity contribution in [3.8, 4) is 0 Å². The van der Waals surface area contributed by atoms with Gasteiger partial charge < -0.3 is 20.3 Å². The number of carbonyl (C=O) groups excluding carboxylic acids is 1. The minimum absolute atomic E-state index is 0.0465. The van der Waals surface area contributed by atoms with Crippen LogP contribution in [0.4, 0.5) is 4.39 Å². The minimum atomic E-state index is -0.759. The number of allylic oxidation sites excluding steroid dienone is 5. The number of amides is 1. The van der Waals surface area contributed by atoms with Gasteiger partial charge in [-0.1, -0.05) is 12.2 Å². The maximum Gasteiger partial charge on any atom is 0.266 e. The van der Waals surface area contributed by atoms with Gasteiger partial charge in [-0.2, -0.15) is 0 Å². The predicted octanol–water partition coefficient (Wildman–Crippen LogP) is 1.30. The molecule has 1 atom stereocenters. The molecule has 6 nitrogen and oxygen atoms in total. The van der Waals surface area contributed by atoms with Crippen LogP contribution in [0.1, 0.15) is 19.3 Å². The summed E-state index contributed by atoms with van der Waals surface area (Å²) in [5, 5.41) is 22.4. The third kappa shape index (κ3) is 2.94. The number of hydrogen-bond acceptors (Lipinski definition) is 5. The van der Waals surface area contributed by atoms with Crippen LogP contribution in [0, 0.1) is 5.92 Å². The summed E-state index contributed by atoms with van der Waals surface area (Å²) in [6.45, 7) is 0.692. The van der Waals surface area contributed by atoms with E-state index in [1.807, 2.05) is 0 Å². The van der Waals surface area contributed by atoms with E-state index in [9.17, 15) is 19.4 Å². The molecule has 7 heteroatoms. The van der Waals surface area contributed by atoms with Crippen molar-refractivity contribution < 1.29 is 24.1 Å². The summed E-state index contributed by atoms with van der Waals surface area (Å²) in [5.41, 5.74) is -0.636. The molecule has 0 radical (unpaired) electrons. The van der Waals surface area contributed by atoms with Crippen LogP contribution >= 0.6 is 0 Å². The van der Waals surface area contributed by atoms with Crippen LogP contribution in [0.15, 0.2) is 40.5 Å². The van der Waals surface area contributed by atoms with Gasteiger partial charge in [0.2, 0.25) is 5.88 Å². The first kappa shape index (κ1) is 15.9. The fraction of sp³-hybridized carbons (Fsp3) is 0.500. The Bertz CT molecular complexity index is 630. The molecule has 1 saturated heterocycles. The molecule has 1 unspecified atom stereocenters. The predicted molar refractivity (Wildman–Crippen MR) is 81.5 cm³/mol. The number of hydrogen-bond donors (Lipinski definition) is 3. The number of nitrogens with one attached hydrogen (secondary N) is 1. The molecule has 3 aliphatic rings. The van der Waals surface area contributed by atoms with E-state index in [2.05, 4.69) is 10.3 Å². The molecular weight excluding hydrogens is 303 g/mol. The Hall–Kier alpha value is -1.99. The zero-order valence-corrected chi connectivity index (χ0v) is 12.6. The normalized spacial score (nSPS) is 26.3. The Kier molecular flexibility index (Phi) is 4.32. The number of ether oxygens (including phenoxy) is 1. The van der Waals surface area contributed by atoms with E-state index >= 15 is 0 Å². The SMILES string of the molecule is O=C(NC1(CO)CCOCC1)C1=NC(O)=C2C(F)=CC=CCC12. The number of aliphatic hydroxyl groups excluding tert-OH is 2. The van der Waals surface area contributed by atoms with Crippen LogP contribution in [-0.4, -0.2) is 47.2 Å². The molecule has 2 heterocycles. The Labute approximate surface area is 133 Å². The largest absolute Gasteiger partial charge is 0.493 e. The molecule has 1 amide bonds. The molecule has 0 bridgehead atoms. The number of rotatable bonds is 3. The lowest BCUT2D eigenvalue weighted by Crippen LogP contribution is -2.56. The third-order valence-electron chi connectivity index (χ3n) is 4.52. The zero-order valence-electron chi connectivity index (χ0n) is 12.6. The average molecular weight is 322 g/mol. The Morgan fingerprint density at radius 1 is 1.48 bits per heavy atom. The highest BCUT2D eigenvalue weighted by Crippen LogP contribution is 2.36. The van der Waals surface area contributed by atoms with E-state index in [1.165, 1.54) is 6.08 Å². The first-order valence-electron chi connectivity index (χ1n) is 7.62. The van der Waals surface area contributed by atoms with Crippen LogP contribution in [0.3, 0.4) is 0 Å². The van der Waals surface area contributed by atoms with E-state index in [0.29, 0.717) is 32.5 Å². The smallest absolute Gasteiger partial charge is 0.266 e. The lowest BCUT2D eigenvalue weighted by molar-refractivity contribution is -0.119. The highest BCUT2D eigenvalue weighted by molar-refractivity contribution is 6.41. The van der Waals surface area contributed by atoms with Gasteiger partial charge in [0.15, 0.2) is 0 Å². The Morgan fingerprint density at radius 3 is 2.91 bits per heavy atom. The molecule has 0 aromatic rings. The van der Waals surface area contributed by atoms with Crippen LogP contribution in [-0.2, 0) is 9.53 Å². The lowest BCUT2D eigenvalue weighted by Gasteiger charge is -2.36. The zero-order chi connectivity index (χ0) is 16.4. The summed E-state index contributed by atoms with van der Waals surface area (Å²) >= 11 is 0. The molecule has 124 valence electrons. The summed E-state index contributed by atoms with van der Waals surface area (Å²) in [6.07, 6.45) is 5.90. The molecule has 0 saturated carbocycles. The second-order valence-electron chi connectivity index (χ2n) is 5.97. The molecule has 0 aromatic heterocycles. The number of nitrogens with zero attached hydrogens (tertiary/aromatic N) is 1. The highest BCUT2D eigenvalue weighted by Gasteiger charge is 2.40. The molecule has 0 spiro atoms. The quantitative estimate of drug-likeness (QED) is 0.730. The molecule has 2 aliphatic heterocycles. The second-order valence-corrected chi connectivity index (χ2v) is 5.97. The lowest BCUT2D eigenvalue weighted by atomic mass is 9.88. The maximum absolute atomic E-state index is 14.0. The molecular formula is C16H19FN2O4. The number of aliphatic imine (C=N–C) groups is 1. The fourth-order valence-corrected chi connectivity index (χ4v) is 3.10. The van der Waals surface area contributed by atoms with Crippen molar-refractivity contribution in [3.63, 3.8) is 0 Å². The molecule has 0 aromatic carbocycles. The van der Waals surface area contributed by atoms with Crippen molar-refractivity contribution in [1.29, 1.82) is 0 Å². The van der Waals surface area contributed by atoms with Crippen molar-refractivity contribution in [3.05, 3.63) is 35.5 Å². The maximum atomic E-state index is 14.0. The van der Waals surface area contributed by atoms with Crippen molar-refractivity contribution in [2.24, 2.45) is 10.9 Å². The van der Waals surface area contributed by atoms with Crippen molar-refractivity contribution in [2.45, 2.75) is 24.8 Å². The third-order valence-corrected chi connectivity index (χ3v) is 4.52. The number of aliphatic hydroxyl groups is 2. The van der Waals surface area contributed by atoms with Gasteiger partial charge in [0, 0.05) is 19.1 Å². The number of halogens is 1. The van der Waals surface area contributed by atoms with Crippen LogP contribution in [0.25, 0.3) is 0 Å². The Balaban J connectivity index is 1.80. The first-order valence-corrected chi connectivity index (χ1v) is 7.62. The Morgan fingerprint density at radius 2 is 2.22 bits per heavy atom. The first-order chi connectivity index (χ1) is 11.1. The summed E-state index contributed by atoms with van der Waals surface area (Å²) in [6, 6.07) is 0. The van der Waals surface area contributed by atoms with Crippen molar-refractivity contribution in [1.82, 2.24) is 5.32 Å². The summed E-state index contributed by atoms with van der Waals surface area (Å²) in [7, 11) is 0. The molecule has 1 fully saturated rings. The second kappa shape index (κ2) is 6.25. The average Bonchev–Trinajstić information content (AvgIpc) is 2.76. The molecule has 1 aliphatic carbocycles. The minimum Gasteiger partial charge on any atom is -0.493 e. The molecule has 3 rings (SSSR count). The van der Waals surface area contributed by atoms with Gasteiger partial charge >= 0.3 is 0 Å². The van der Waals surface area contributed by atoms with Crippen LogP contribution in [0.2, 0.25) is 0 Å². The van der Waals surface area contributed by atoms with E-state index in [-0.39, 0.29) is 17.9 Å². The summed E-state index contributed by atoms with van der Waals surface area (Å²) in [4.78, 5) is 16.5. The van der Waals surface area contributed by atoms with Gasteiger partial charge in [-0.15, -0.1) is 0 Å². The fourth-order valence-electron chi connectivity index (χ4n) is 3.10.